The van der Waals surface area contributed by atoms with Gasteiger partial charge in [0.25, 0.3) is 0 Å². The van der Waals surface area contributed by atoms with Crippen molar-refractivity contribution in [3.63, 3.8) is 0 Å². The van der Waals surface area contributed by atoms with Gasteiger partial charge >= 0.3 is 0 Å². The van der Waals surface area contributed by atoms with Gasteiger partial charge in [-0.1, -0.05) is 6.92 Å². The first-order valence-corrected chi connectivity index (χ1v) is 6.91. The van der Waals surface area contributed by atoms with Crippen LogP contribution < -0.4 is 5.32 Å². The second-order valence-electron chi connectivity index (χ2n) is 5.14. The number of carbonyl (C=O) groups is 1. The summed E-state index contributed by atoms with van der Waals surface area (Å²) in [5.74, 6) is 0.961. The minimum absolute atomic E-state index is 0.0785. The number of hydrogen-bond donors (Lipinski definition) is 1. The molecule has 98 valence electrons. The van der Waals surface area contributed by atoms with E-state index in [1.807, 2.05) is 4.90 Å². The first kappa shape index (κ1) is 12.8. The van der Waals surface area contributed by atoms with Gasteiger partial charge in [-0.3, -0.25) is 4.79 Å². The number of nitrogens with zero attached hydrogens (tertiary/aromatic N) is 1. The summed E-state index contributed by atoms with van der Waals surface area (Å²) in [4.78, 5) is 14.2. The monoisotopic (exact) mass is 240 g/mol. The highest BCUT2D eigenvalue weighted by atomic mass is 16.5. The first-order chi connectivity index (χ1) is 8.31. The van der Waals surface area contributed by atoms with E-state index >= 15 is 0 Å². The molecule has 2 aliphatic heterocycles. The van der Waals surface area contributed by atoms with Crippen molar-refractivity contribution < 1.29 is 9.53 Å². The Morgan fingerprint density at radius 1 is 1.35 bits per heavy atom. The summed E-state index contributed by atoms with van der Waals surface area (Å²) in [7, 11) is 0. The third-order valence-corrected chi connectivity index (χ3v) is 3.76. The molecular weight excluding hydrogens is 216 g/mol. The Kier molecular flexibility index (Phi) is 4.80. The summed E-state index contributed by atoms with van der Waals surface area (Å²) in [5.41, 5.74) is 0. The van der Waals surface area contributed by atoms with E-state index in [0.29, 0.717) is 11.8 Å². The predicted molar refractivity (Wildman–Crippen MR) is 66.8 cm³/mol. The number of likely N-dealkylation sites (tertiary alicyclic amines) is 1. The zero-order chi connectivity index (χ0) is 12.1. The fourth-order valence-electron chi connectivity index (χ4n) is 2.67. The molecule has 4 heteroatoms. The van der Waals surface area contributed by atoms with Crippen LogP contribution in [0.4, 0.5) is 0 Å². The fraction of sp³-hybridized carbons (Fsp3) is 0.923. The number of rotatable bonds is 5. The zero-order valence-electron chi connectivity index (χ0n) is 10.8. The number of hydrogen-bond acceptors (Lipinski definition) is 3. The van der Waals surface area contributed by atoms with Crippen molar-refractivity contribution in [1.29, 1.82) is 0 Å². The van der Waals surface area contributed by atoms with Gasteiger partial charge in [-0.2, -0.15) is 0 Å². The van der Waals surface area contributed by atoms with E-state index in [-0.39, 0.29) is 6.04 Å². The molecule has 1 N–H and O–H groups in total. The third kappa shape index (κ3) is 3.42. The van der Waals surface area contributed by atoms with Crippen molar-refractivity contribution in [2.45, 2.75) is 38.6 Å². The molecule has 0 aromatic rings. The summed E-state index contributed by atoms with van der Waals surface area (Å²) in [6, 6.07) is 0.0785. The van der Waals surface area contributed by atoms with Crippen LogP contribution in [0.5, 0.6) is 0 Å². The van der Waals surface area contributed by atoms with Crippen LogP contribution in [0.2, 0.25) is 0 Å². The quantitative estimate of drug-likeness (QED) is 0.780. The number of nitrogens with one attached hydrogen (secondary N) is 1. The highest BCUT2D eigenvalue weighted by Crippen LogP contribution is 2.19. The number of ether oxygens (including phenoxy) is 1. The minimum Gasteiger partial charge on any atom is -0.381 e. The van der Waals surface area contributed by atoms with Crippen LogP contribution >= 0.6 is 0 Å². The normalized spacial score (nSPS) is 26.8. The van der Waals surface area contributed by atoms with E-state index in [4.69, 9.17) is 4.74 Å². The Morgan fingerprint density at radius 3 is 2.82 bits per heavy atom. The van der Waals surface area contributed by atoms with Crippen LogP contribution in [-0.2, 0) is 9.53 Å². The molecule has 1 atom stereocenters. The molecule has 1 amide bonds. The van der Waals surface area contributed by atoms with Crippen LogP contribution in [0.3, 0.4) is 0 Å². The first-order valence-electron chi connectivity index (χ1n) is 6.91. The van der Waals surface area contributed by atoms with E-state index in [1.54, 1.807) is 0 Å². The molecule has 2 aliphatic rings. The fourth-order valence-corrected chi connectivity index (χ4v) is 2.67. The van der Waals surface area contributed by atoms with Crippen molar-refractivity contribution in [1.82, 2.24) is 10.2 Å². The second kappa shape index (κ2) is 6.36. The SMILES string of the molecule is CCCNC1CCN(CC2CCOCC2)C1=O. The van der Waals surface area contributed by atoms with E-state index in [9.17, 15) is 4.79 Å². The molecule has 0 spiro atoms. The van der Waals surface area contributed by atoms with Crippen molar-refractivity contribution in [2.75, 3.05) is 32.8 Å². The summed E-state index contributed by atoms with van der Waals surface area (Å²) >= 11 is 0. The van der Waals surface area contributed by atoms with Crippen LogP contribution in [0.25, 0.3) is 0 Å². The average Bonchev–Trinajstić information content (AvgIpc) is 2.70. The van der Waals surface area contributed by atoms with Crippen LogP contribution in [0.15, 0.2) is 0 Å². The Hall–Kier alpha value is -0.610. The van der Waals surface area contributed by atoms with Gasteiger partial charge in [-0.05, 0) is 38.1 Å². The van der Waals surface area contributed by atoms with Gasteiger partial charge in [0.05, 0.1) is 6.04 Å². The lowest BCUT2D eigenvalue weighted by atomic mass is 10.00. The van der Waals surface area contributed by atoms with E-state index < -0.39 is 0 Å². The molecule has 4 nitrogen and oxygen atoms in total. The standard InChI is InChI=1S/C13H24N2O2/c1-2-6-14-12-3-7-15(13(12)16)10-11-4-8-17-9-5-11/h11-12,14H,2-10H2,1H3. The lowest BCUT2D eigenvalue weighted by Crippen LogP contribution is -2.40. The van der Waals surface area contributed by atoms with Gasteiger partial charge in [0, 0.05) is 26.3 Å². The van der Waals surface area contributed by atoms with Crippen LogP contribution in [0.1, 0.15) is 32.6 Å². The predicted octanol–water partition coefficient (Wildman–Crippen LogP) is 1.01. The maximum absolute atomic E-state index is 12.1. The highest BCUT2D eigenvalue weighted by Gasteiger charge is 2.32. The van der Waals surface area contributed by atoms with Crippen molar-refractivity contribution >= 4 is 5.91 Å². The molecular formula is C13H24N2O2. The largest absolute Gasteiger partial charge is 0.381 e. The van der Waals surface area contributed by atoms with Crippen LogP contribution in [-0.4, -0.2) is 49.7 Å². The van der Waals surface area contributed by atoms with Crippen molar-refractivity contribution in [2.24, 2.45) is 5.92 Å². The highest BCUT2D eigenvalue weighted by molar-refractivity contribution is 5.83. The summed E-state index contributed by atoms with van der Waals surface area (Å²) < 4.78 is 5.35. The van der Waals surface area contributed by atoms with E-state index in [0.717, 1.165) is 58.5 Å². The molecule has 0 bridgehead atoms. The molecule has 2 fully saturated rings. The number of amides is 1. The molecule has 17 heavy (non-hydrogen) atoms. The Labute approximate surface area is 104 Å². The van der Waals surface area contributed by atoms with Gasteiger partial charge in [0.15, 0.2) is 0 Å². The van der Waals surface area contributed by atoms with Gasteiger partial charge in [0.2, 0.25) is 5.91 Å². The smallest absolute Gasteiger partial charge is 0.239 e. The van der Waals surface area contributed by atoms with Gasteiger partial charge in [0.1, 0.15) is 0 Å². The summed E-state index contributed by atoms with van der Waals surface area (Å²) in [5, 5.41) is 3.33. The molecule has 0 aromatic carbocycles. The van der Waals surface area contributed by atoms with Gasteiger partial charge in [-0.25, -0.2) is 0 Å². The molecule has 2 saturated heterocycles. The topological polar surface area (TPSA) is 41.6 Å². The zero-order valence-corrected chi connectivity index (χ0v) is 10.8. The molecule has 1 unspecified atom stereocenters. The molecule has 2 heterocycles. The Bertz CT molecular complexity index is 252. The van der Waals surface area contributed by atoms with Gasteiger partial charge < -0.3 is 15.0 Å². The maximum atomic E-state index is 12.1. The molecule has 0 aromatic heterocycles. The average molecular weight is 240 g/mol. The van der Waals surface area contributed by atoms with E-state index in [2.05, 4.69) is 12.2 Å². The lowest BCUT2D eigenvalue weighted by molar-refractivity contribution is -0.130. The molecule has 0 saturated carbocycles. The summed E-state index contributed by atoms with van der Waals surface area (Å²) in [6.45, 7) is 6.67. The second-order valence-corrected chi connectivity index (χ2v) is 5.14. The third-order valence-electron chi connectivity index (χ3n) is 3.76. The molecule has 0 radical (unpaired) electrons. The van der Waals surface area contributed by atoms with E-state index in [1.165, 1.54) is 0 Å². The maximum Gasteiger partial charge on any atom is 0.239 e. The van der Waals surface area contributed by atoms with Gasteiger partial charge in [-0.15, -0.1) is 0 Å². The number of carbonyl (C=O) groups excluding carboxylic acids is 1. The van der Waals surface area contributed by atoms with Crippen molar-refractivity contribution in [3.8, 4) is 0 Å². The lowest BCUT2D eigenvalue weighted by Gasteiger charge is -2.27. The Balaban J connectivity index is 1.76. The molecule has 2 rings (SSSR count). The van der Waals surface area contributed by atoms with Crippen LogP contribution in [0, 0.1) is 5.92 Å². The minimum atomic E-state index is 0.0785. The summed E-state index contributed by atoms with van der Waals surface area (Å²) in [6.07, 6.45) is 4.28. The Morgan fingerprint density at radius 2 is 2.12 bits per heavy atom. The van der Waals surface area contributed by atoms with Crippen molar-refractivity contribution in [3.05, 3.63) is 0 Å². The molecule has 0 aliphatic carbocycles.